The van der Waals surface area contributed by atoms with Crippen molar-refractivity contribution in [1.29, 1.82) is 5.41 Å². The van der Waals surface area contributed by atoms with Gasteiger partial charge in [-0.2, -0.15) is 0 Å². The minimum absolute atomic E-state index is 0.159. The first-order valence-electron chi connectivity index (χ1n) is 10.8. The third-order valence-electron chi connectivity index (χ3n) is 5.69. The van der Waals surface area contributed by atoms with E-state index in [-0.39, 0.29) is 23.8 Å². The van der Waals surface area contributed by atoms with Crippen LogP contribution in [0.4, 0.5) is 0 Å². The Morgan fingerprint density at radius 2 is 1.79 bits per heavy atom. The highest BCUT2D eigenvalue weighted by Gasteiger charge is 2.36. The van der Waals surface area contributed by atoms with E-state index in [4.69, 9.17) is 15.3 Å². The van der Waals surface area contributed by atoms with Gasteiger partial charge in [0.25, 0.3) is 10.0 Å². The summed E-state index contributed by atoms with van der Waals surface area (Å²) < 4.78 is 34.6. The van der Waals surface area contributed by atoms with Crippen LogP contribution in [-0.2, 0) is 26.0 Å². The Bertz CT molecular complexity index is 1070. The highest BCUT2D eigenvalue weighted by atomic mass is 32.2. The van der Waals surface area contributed by atoms with Crippen LogP contribution in [0.1, 0.15) is 62.3 Å². The SMILES string of the molecule is CC(=O)N[C@H](CCCCNC(=N)NS(=O)(=O)c1c(C)c(C)c2c(c1C)CC(C)(C)O2)C(=O)O. The van der Waals surface area contributed by atoms with Crippen LogP contribution >= 0.6 is 0 Å². The number of sulfonamides is 1. The summed E-state index contributed by atoms with van der Waals surface area (Å²) in [5.41, 5.74) is 2.44. The van der Waals surface area contributed by atoms with Crippen molar-refractivity contribution < 1.29 is 27.9 Å². The Hall–Kier alpha value is -2.82. The summed E-state index contributed by atoms with van der Waals surface area (Å²) in [6.45, 7) is 10.8. The van der Waals surface area contributed by atoms with Crippen LogP contribution in [0.5, 0.6) is 5.75 Å². The molecule has 2 rings (SSSR count). The molecule has 11 heteroatoms. The van der Waals surface area contributed by atoms with E-state index < -0.39 is 33.5 Å². The van der Waals surface area contributed by atoms with E-state index in [1.807, 2.05) is 20.8 Å². The third-order valence-corrected chi connectivity index (χ3v) is 7.32. The number of unbranched alkanes of at least 4 members (excludes halogenated alkanes) is 1. The molecule has 0 bridgehead atoms. The number of ether oxygens (including phenoxy) is 1. The van der Waals surface area contributed by atoms with Gasteiger partial charge in [-0.05, 0) is 70.6 Å². The molecule has 10 nitrogen and oxygen atoms in total. The summed E-state index contributed by atoms with van der Waals surface area (Å²) in [5, 5.41) is 22.2. The van der Waals surface area contributed by atoms with E-state index in [1.165, 1.54) is 6.92 Å². The Kier molecular flexibility index (Phi) is 8.00. The molecule has 0 unspecified atom stereocenters. The maximum atomic E-state index is 13.1. The quantitative estimate of drug-likeness (QED) is 0.204. The molecule has 1 atom stereocenters. The first kappa shape index (κ1) is 26.4. The molecular formula is C22H34N4O6S. The van der Waals surface area contributed by atoms with Crippen molar-refractivity contribution in [3.8, 4) is 5.75 Å². The van der Waals surface area contributed by atoms with E-state index >= 15 is 0 Å². The molecular weight excluding hydrogens is 448 g/mol. The van der Waals surface area contributed by atoms with Crippen LogP contribution in [0.3, 0.4) is 0 Å². The summed E-state index contributed by atoms with van der Waals surface area (Å²) in [5.74, 6) is -1.15. The van der Waals surface area contributed by atoms with Crippen molar-refractivity contribution in [1.82, 2.24) is 15.4 Å². The molecule has 5 N–H and O–H groups in total. The number of guanidine groups is 1. The summed E-state index contributed by atoms with van der Waals surface area (Å²) in [6.07, 6.45) is 1.81. The standard InChI is InChI=1S/C22H34N4O6S/c1-12-13(2)19(14(3)16-11-22(5,6)32-18(12)16)33(30,31)26-21(23)24-10-8-7-9-17(20(28)29)25-15(4)27/h17H,7-11H2,1-6H3,(H,25,27)(H,28,29)(H3,23,24,26)/t17-/m1/s1. The fourth-order valence-corrected chi connectivity index (χ4v) is 5.58. The molecule has 1 heterocycles. The van der Waals surface area contributed by atoms with Crippen molar-refractivity contribution in [2.75, 3.05) is 6.54 Å². The number of fused-ring (bicyclic) bond motifs is 1. The second-order valence-corrected chi connectivity index (χ2v) is 10.7. The molecule has 0 radical (unpaired) electrons. The first-order chi connectivity index (χ1) is 15.2. The molecule has 1 amide bonds. The van der Waals surface area contributed by atoms with Gasteiger partial charge in [-0.3, -0.25) is 10.2 Å². The molecule has 0 fully saturated rings. The Balaban J connectivity index is 2.00. The first-order valence-corrected chi connectivity index (χ1v) is 12.3. The van der Waals surface area contributed by atoms with Gasteiger partial charge < -0.3 is 20.5 Å². The van der Waals surface area contributed by atoms with Crippen LogP contribution in [0, 0.1) is 26.2 Å². The average Bonchev–Trinajstić information content (AvgIpc) is 3.00. The number of carbonyl (C=O) groups is 2. The highest BCUT2D eigenvalue weighted by molar-refractivity contribution is 7.90. The van der Waals surface area contributed by atoms with Gasteiger partial charge in [0.05, 0.1) is 4.90 Å². The van der Waals surface area contributed by atoms with Crippen LogP contribution in [-0.4, -0.2) is 49.5 Å². The molecule has 184 valence electrons. The molecule has 1 aromatic carbocycles. The topological polar surface area (TPSA) is 158 Å². The summed E-state index contributed by atoms with van der Waals surface area (Å²) in [7, 11) is -4.00. The van der Waals surface area contributed by atoms with Crippen LogP contribution < -0.4 is 20.1 Å². The molecule has 1 aromatic rings. The number of amides is 1. The van der Waals surface area contributed by atoms with Gasteiger partial charge in [0, 0.05) is 25.5 Å². The normalized spacial score (nSPS) is 15.2. The highest BCUT2D eigenvalue weighted by Crippen LogP contribution is 2.43. The second kappa shape index (κ2) is 9.98. The zero-order chi connectivity index (χ0) is 25.1. The number of nitrogens with one attached hydrogen (secondary N) is 4. The molecule has 0 saturated heterocycles. The van der Waals surface area contributed by atoms with Gasteiger partial charge in [-0.1, -0.05) is 0 Å². The summed E-state index contributed by atoms with van der Waals surface area (Å²) >= 11 is 0. The van der Waals surface area contributed by atoms with E-state index in [2.05, 4.69) is 15.4 Å². The molecule has 1 aliphatic heterocycles. The predicted molar refractivity (Wildman–Crippen MR) is 124 cm³/mol. The van der Waals surface area contributed by atoms with Gasteiger partial charge in [0.2, 0.25) is 11.9 Å². The molecule has 0 aliphatic carbocycles. The van der Waals surface area contributed by atoms with Gasteiger partial charge in [-0.25, -0.2) is 17.9 Å². The molecule has 1 aliphatic rings. The average molecular weight is 483 g/mol. The van der Waals surface area contributed by atoms with Crippen molar-refractivity contribution in [3.63, 3.8) is 0 Å². The molecule has 33 heavy (non-hydrogen) atoms. The zero-order valence-electron chi connectivity index (χ0n) is 20.0. The maximum Gasteiger partial charge on any atom is 0.326 e. The number of hydrogen-bond donors (Lipinski definition) is 5. The lowest BCUT2D eigenvalue weighted by Gasteiger charge is -2.19. The van der Waals surface area contributed by atoms with E-state index in [9.17, 15) is 18.0 Å². The minimum atomic E-state index is -4.00. The minimum Gasteiger partial charge on any atom is -0.487 e. The largest absolute Gasteiger partial charge is 0.487 e. The number of rotatable bonds is 9. The number of hydrogen-bond acceptors (Lipinski definition) is 6. The smallest absolute Gasteiger partial charge is 0.326 e. The Morgan fingerprint density at radius 3 is 2.36 bits per heavy atom. The Labute approximate surface area is 195 Å². The summed E-state index contributed by atoms with van der Waals surface area (Å²) in [4.78, 5) is 22.4. The maximum absolute atomic E-state index is 13.1. The fourth-order valence-electron chi connectivity index (χ4n) is 4.06. The second-order valence-electron chi connectivity index (χ2n) is 9.04. The molecule has 0 spiro atoms. The van der Waals surface area contributed by atoms with E-state index in [0.717, 1.165) is 16.9 Å². The van der Waals surface area contributed by atoms with E-state index in [1.54, 1.807) is 13.8 Å². The predicted octanol–water partition coefficient (Wildman–Crippen LogP) is 1.89. The van der Waals surface area contributed by atoms with Crippen LogP contribution in [0.15, 0.2) is 4.90 Å². The zero-order valence-corrected chi connectivity index (χ0v) is 20.8. The van der Waals surface area contributed by atoms with Crippen molar-refractivity contribution >= 4 is 27.9 Å². The van der Waals surface area contributed by atoms with Crippen molar-refractivity contribution in [2.45, 2.75) is 83.8 Å². The van der Waals surface area contributed by atoms with Crippen LogP contribution in [0.2, 0.25) is 0 Å². The monoisotopic (exact) mass is 482 g/mol. The van der Waals surface area contributed by atoms with Crippen LogP contribution in [0.25, 0.3) is 0 Å². The van der Waals surface area contributed by atoms with Gasteiger partial charge in [0.1, 0.15) is 17.4 Å². The van der Waals surface area contributed by atoms with Gasteiger partial charge in [-0.15, -0.1) is 0 Å². The van der Waals surface area contributed by atoms with E-state index in [0.29, 0.717) is 30.4 Å². The number of benzene rings is 1. The molecule has 0 saturated carbocycles. The Morgan fingerprint density at radius 1 is 1.15 bits per heavy atom. The number of carboxylic acids is 1. The van der Waals surface area contributed by atoms with Crippen molar-refractivity contribution in [3.05, 3.63) is 22.3 Å². The fraction of sp³-hybridized carbons (Fsp3) is 0.591. The van der Waals surface area contributed by atoms with Gasteiger partial charge in [0.15, 0.2) is 0 Å². The number of carbonyl (C=O) groups excluding carboxylic acids is 1. The number of aliphatic carboxylic acids is 1. The van der Waals surface area contributed by atoms with Crippen molar-refractivity contribution in [2.24, 2.45) is 0 Å². The number of carboxylic acid groups (broad SMARTS) is 1. The molecule has 0 aromatic heterocycles. The summed E-state index contributed by atoms with van der Waals surface area (Å²) in [6, 6.07) is -0.969. The lowest BCUT2D eigenvalue weighted by Crippen LogP contribution is -2.41. The third kappa shape index (κ3) is 6.37. The lowest BCUT2D eigenvalue weighted by molar-refractivity contribution is -0.141. The lowest BCUT2D eigenvalue weighted by atomic mass is 9.94. The van der Waals surface area contributed by atoms with Gasteiger partial charge >= 0.3 is 5.97 Å².